The number of halogens is 1. The highest BCUT2D eigenvalue weighted by molar-refractivity contribution is 6.31. The third-order valence-corrected chi connectivity index (χ3v) is 2.49. The van der Waals surface area contributed by atoms with E-state index in [4.69, 9.17) is 11.6 Å². The van der Waals surface area contributed by atoms with E-state index < -0.39 is 0 Å². The second kappa shape index (κ2) is 5.71. The summed E-state index contributed by atoms with van der Waals surface area (Å²) < 4.78 is 0. The van der Waals surface area contributed by atoms with Crippen LogP contribution in [-0.2, 0) is 0 Å². The number of unbranched alkanes of at least 4 members (excludes halogenated alkanes) is 1. The zero-order chi connectivity index (χ0) is 10.4. The topological polar surface area (TPSA) is 12.0 Å². The van der Waals surface area contributed by atoms with Crippen LogP contribution < -0.4 is 5.32 Å². The number of benzene rings is 1. The first kappa shape index (κ1) is 11.1. The molecule has 0 atom stereocenters. The molecule has 0 radical (unpaired) electrons. The van der Waals surface area contributed by atoms with Crippen molar-refractivity contribution in [2.24, 2.45) is 0 Å². The first-order chi connectivity index (χ1) is 6.74. The van der Waals surface area contributed by atoms with E-state index in [-0.39, 0.29) is 0 Å². The quantitative estimate of drug-likeness (QED) is 0.571. The maximum atomic E-state index is 6.00. The zero-order valence-electron chi connectivity index (χ0n) is 8.52. The van der Waals surface area contributed by atoms with Crippen LogP contribution in [0.3, 0.4) is 0 Å². The van der Waals surface area contributed by atoms with Crippen molar-refractivity contribution in [1.82, 2.24) is 0 Å². The molecule has 76 valence electrons. The molecule has 14 heavy (non-hydrogen) atoms. The monoisotopic (exact) mass is 209 g/mol. The number of aryl methyl sites for hydroxylation is 1. The lowest BCUT2D eigenvalue weighted by Gasteiger charge is -2.06. The number of allylic oxidation sites excluding steroid dienone is 1. The number of nitrogens with one attached hydrogen (secondary N) is 1. The summed E-state index contributed by atoms with van der Waals surface area (Å²) in [6.45, 7) is 6.65. The summed E-state index contributed by atoms with van der Waals surface area (Å²) in [4.78, 5) is 0. The van der Waals surface area contributed by atoms with E-state index in [1.54, 1.807) is 0 Å². The predicted molar refractivity (Wildman–Crippen MR) is 64.1 cm³/mol. The minimum absolute atomic E-state index is 0.818. The Bertz CT molecular complexity index is 307. The Morgan fingerprint density at radius 2 is 2.29 bits per heavy atom. The van der Waals surface area contributed by atoms with Gasteiger partial charge in [-0.2, -0.15) is 0 Å². The fourth-order valence-corrected chi connectivity index (χ4v) is 1.36. The molecule has 0 aliphatic carbocycles. The predicted octanol–water partition coefficient (Wildman–Crippen LogP) is 4.03. The van der Waals surface area contributed by atoms with Crippen molar-refractivity contribution in [1.29, 1.82) is 0 Å². The van der Waals surface area contributed by atoms with Crippen LogP contribution in [0.2, 0.25) is 5.02 Å². The average Bonchev–Trinajstić information content (AvgIpc) is 2.18. The van der Waals surface area contributed by atoms with E-state index in [9.17, 15) is 0 Å². The molecule has 0 fully saturated rings. The molecule has 1 N–H and O–H groups in total. The van der Waals surface area contributed by atoms with Gasteiger partial charge in [0.25, 0.3) is 0 Å². The van der Waals surface area contributed by atoms with Gasteiger partial charge >= 0.3 is 0 Å². The molecule has 0 bridgehead atoms. The Balaban J connectivity index is 2.43. The summed E-state index contributed by atoms with van der Waals surface area (Å²) in [6.07, 6.45) is 4.09. The van der Waals surface area contributed by atoms with Crippen molar-refractivity contribution in [2.45, 2.75) is 19.8 Å². The highest BCUT2D eigenvalue weighted by Gasteiger charge is 1.96. The Morgan fingerprint density at radius 1 is 1.50 bits per heavy atom. The van der Waals surface area contributed by atoms with Gasteiger partial charge in [0.2, 0.25) is 0 Å². The van der Waals surface area contributed by atoms with E-state index in [2.05, 4.69) is 18.0 Å². The summed E-state index contributed by atoms with van der Waals surface area (Å²) in [5.41, 5.74) is 2.20. The highest BCUT2D eigenvalue weighted by Crippen LogP contribution is 2.19. The van der Waals surface area contributed by atoms with Gasteiger partial charge in [0, 0.05) is 17.3 Å². The van der Waals surface area contributed by atoms with E-state index in [1.165, 1.54) is 0 Å². The minimum atomic E-state index is 0.818. The molecular formula is C12H16ClN. The summed E-state index contributed by atoms with van der Waals surface area (Å²) in [7, 11) is 0. The molecule has 1 aromatic carbocycles. The van der Waals surface area contributed by atoms with Gasteiger partial charge in [0.1, 0.15) is 0 Å². The Hall–Kier alpha value is -0.950. The van der Waals surface area contributed by atoms with Gasteiger partial charge < -0.3 is 5.32 Å². The van der Waals surface area contributed by atoms with Crippen LogP contribution in [0.5, 0.6) is 0 Å². The zero-order valence-corrected chi connectivity index (χ0v) is 9.27. The van der Waals surface area contributed by atoms with Gasteiger partial charge in [0.15, 0.2) is 0 Å². The molecule has 0 aliphatic heterocycles. The molecular weight excluding hydrogens is 194 g/mol. The molecule has 0 unspecified atom stereocenters. The van der Waals surface area contributed by atoms with Gasteiger partial charge in [-0.25, -0.2) is 0 Å². The lowest BCUT2D eigenvalue weighted by molar-refractivity contribution is 0.891. The average molecular weight is 210 g/mol. The van der Waals surface area contributed by atoms with Crippen molar-refractivity contribution in [2.75, 3.05) is 11.9 Å². The first-order valence-corrected chi connectivity index (χ1v) is 5.23. The molecule has 0 amide bonds. The first-order valence-electron chi connectivity index (χ1n) is 4.85. The number of rotatable bonds is 5. The second-order valence-corrected chi connectivity index (χ2v) is 3.73. The third kappa shape index (κ3) is 3.43. The highest BCUT2D eigenvalue weighted by atomic mass is 35.5. The van der Waals surface area contributed by atoms with Crippen LogP contribution in [-0.4, -0.2) is 6.54 Å². The van der Waals surface area contributed by atoms with Gasteiger partial charge in [-0.1, -0.05) is 23.7 Å². The summed E-state index contributed by atoms with van der Waals surface area (Å²) in [5, 5.41) is 4.13. The van der Waals surface area contributed by atoms with Gasteiger partial charge in [-0.05, 0) is 37.5 Å². The van der Waals surface area contributed by atoms with Crippen LogP contribution in [0.4, 0.5) is 5.69 Å². The van der Waals surface area contributed by atoms with Crippen molar-refractivity contribution < 1.29 is 0 Å². The summed E-state index contributed by atoms with van der Waals surface area (Å²) in [5.74, 6) is 0. The molecule has 1 aromatic rings. The molecule has 1 nitrogen and oxygen atoms in total. The Kier molecular flexibility index (Phi) is 4.54. The Morgan fingerprint density at radius 3 is 2.93 bits per heavy atom. The van der Waals surface area contributed by atoms with Gasteiger partial charge in [0.05, 0.1) is 0 Å². The van der Waals surface area contributed by atoms with Crippen LogP contribution in [0.25, 0.3) is 0 Å². The van der Waals surface area contributed by atoms with Crippen LogP contribution in [0.1, 0.15) is 18.4 Å². The standard InChI is InChI=1S/C12H16ClN/c1-3-4-5-8-14-11-7-6-10(2)12(13)9-11/h3,6-7,9,14H,1,4-5,8H2,2H3. The van der Waals surface area contributed by atoms with E-state index >= 15 is 0 Å². The number of hydrogen-bond acceptors (Lipinski definition) is 1. The maximum Gasteiger partial charge on any atom is 0.0455 e. The van der Waals surface area contributed by atoms with Crippen LogP contribution in [0, 0.1) is 6.92 Å². The maximum absolute atomic E-state index is 6.00. The lowest BCUT2D eigenvalue weighted by atomic mass is 10.2. The van der Waals surface area contributed by atoms with E-state index in [1.807, 2.05) is 25.1 Å². The van der Waals surface area contributed by atoms with Crippen molar-refractivity contribution in [3.63, 3.8) is 0 Å². The number of anilines is 1. The lowest BCUT2D eigenvalue weighted by Crippen LogP contribution is -2.00. The minimum Gasteiger partial charge on any atom is -0.385 e. The van der Waals surface area contributed by atoms with Crippen molar-refractivity contribution in [3.8, 4) is 0 Å². The third-order valence-electron chi connectivity index (χ3n) is 2.09. The fourth-order valence-electron chi connectivity index (χ4n) is 1.18. The largest absolute Gasteiger partial charge is 0.385 e. The smallest absolute Gasteiger partial charge is 0.0455 e. The molecule has 0 heterocycles. The molecule has 0 spiro atoms. The van der Waals surface area contributed by atoms with Crippen LogP contribution in [0.15, 0.2) is 30.9 Å². The SMILES string of the molecule is C=CCCCNc1ccc(C)c(Cl)c1. The summed E-state index contributed by atoms with van der Waals surface area (Å²) in [6, 6.07) is 6.04. The summed E-state index contributed by atoms with van der Waals surface area (Å²) >= 11 is 6.00. The molecule has 1 rings (SSSR count). The fraction of sp³-hybridized carbons (Fsp3) is 0.333. The molecule has 0 aliphatic rings. The van der Waals surface area contributed by atoms with Crippen molar-refractivity contribution in [3.05, 3.63) is 41.4 Å². The molecule has 2 heteroatoms. The molecule has 0 saturated heterocycles. The normalized spacial score (nSPS) is 9.86. The van der Waals surface area contributed by atoms with Crippen LogP contribution >= 0.6 is 11.6 Å². The Labute approximate surface area is 90.8 Å². The molecule has 0 saturated carbocycles. The van der Waals surface area contributed by atoms with Gasteiger partial charge in [-0.3, -0.25) is 0 Å². The second-order valence-electron chi connectivity index (χ2n) is 3.32. The van der Waals surface area contributed by atoms with E-state index in [0.717, 1.165) is 35.7 Å². The number of hydrogen-bond donors (Lipinski definition) is 1. The van der Waals surface area contributed by atoms with E-state index in [0.29, 0.717) is 0 Å². The van der Waals surface area contributed by atoms with Gasteiger partial charge in [-0.15, -0.1) is 6.58 Å². The molecule has 0 aromatic heterocycles. The van der Waals surface area contributed by atoms with Crippen molar-refractivity contribution >= 4 is 17.3 Å².